The summed E-state index contributed by atoms with van der Waals surface area (Å²) in [5, 5.41) is 0. The van der Waals surface area contributed by atoms with E-state index >= 15 is 0 Å². The Morgan fingerprint density at radius 1 is 0.941 bits per heavy atom. The molecule has 17 heavy (non-hydrogen) atoms. The van der Waals surface area contributed by atoms with Crippen LogP contribution in [0.3, 0.4) is 0 Å². The Hall–Kier alpha value is -1.76. The average Bonchev–Trinajstić information content (AvgIpc) is 2.40. The monoisotopic (exact) mass is 223 g/mol. The summed E-state index contributed by atoms with van der Waals surface area (Å²) in [6.45, 7) is 0. The zero-order valence-corrected chi connectivity index (χ0v) is 10.1. The van der Waals surface area contributed by atoms with Gasteiger partial charge in [-0.2, -0.15) is 0 Å². The first-order chi connectivity index (χ1) is 8.36. The van der Waals surface area contributed by atoms with Crippen molar-refractivity contribution in [2.75, 3.05) is 11.9 Å². The predicted octanol–water partition coefficient (Wildman–Crippen LogP) is 3.81. The van der Waals surface area contributed by atoms with Crippen molar-refractivity contribution in [3.8, 4) is 0 Å². The van der Waals surface area contributed by atoms with Crippen molar-refractivity contribution < 1.29 is 0 Å². The Balaban J connectivity index is 1.97. The van der Waals surface area contributed by atoms with E-state index in [0.717, 1.165) is 0 Å². The molecule has 3 rings (SSSR count). The Bertz CT molecular complexity index is 504. The Kier molecular flexibility index (Phi) is 2.60. The van der Waals surface area contributed by atoms with E-state index in [1.807, 2.05) is 0 Å². The highest BCUT2D eigenvalue weighted by atomic mass is 15.1. The van der Waals surface area contributed by atoms with Gasteiger partial charge in [-0.3, -0.25) is 0 Å². The molecule has 0 spiro atoms. The zero-order valence-electron chi connectivity index (χ0n) is 10.1. The minimum absolute atomic E-state index is 0.520. The topological polar surface area (TPSA) is 3.24 Å². The van der Waals surface area contributed by atoms with Gasteiger partial charge in [-0.25, -0.2) is 0 Å². The van der Waals surface area contributed by atoms with Gasteiger partial charge in [0.05, 0.1) is 6.04 Å². The van der Waals surface area contributed by atoms with E-state index in [-0.39, 0.29) is 0 Å². The quantitative estimate of drug-likeness (QED) is 0.710. The molecule has 0 radical (unpaired) electrons. The van der Waals surface area contributed by atoms with Crippen molar-refractivity contribution in [1.82, 2.24) is 0 Å². The molecule has 0 amide bonds. The maximum atomic E-state index is 2.41. The van der Waals surface area contributed by atoms with Crippen LogP contribution in [0, 0.1) is 0 Å². The third-order valence-electron chi connectivity index (χ3n) is 3.71. The Labute approximate surface area is 103 Å². The Morgan fingerprint density at radius 2 is 1.65 bits per heavy atom. The van der Waals surface area contributed by atoms with Gasteiger partial charge in [-0.05, 0) is 30.0 Å². The molecule has 0 aromatic heterocycles. The highest BCUT2D eigenvalue weighted by Crippen LogP contribution is 2.36. The van der Waals surface area contributed by atoms with Gasteiger partial charge < -0.3 is 4.90 Å². The number of hydrogen-bond acceptors (Lipinski definition) is 1. The van der Waals surface area contributed by atoms with Crippen molar-refractivity contribution in [2.45, 2.75) is 18.9 Å². The first-order valence-corrected chi connectivity index (χ1v) is 6.22. The summed E-state index contributed by atoms with van der Waals surface area (Å²) in [7, 11) is 2.20. The Morgan fingerprint density at radius 3 is 2.47 bits per heavy atom. The maximum absolute atomic E-state index is 2.41. The summed E-state index contributed by atoms with van der Waals surface area (Å²) in [6.07, 6.45) is 2.39. The number of anilines is 1. The first-order valence-electron chi connectivity index (χ1n) is 6.22. The number of nitrogens with zero attached hydrogens (tertiary/aromatic N) is 1. The van der Waals surface area contributed by atoms with Crippen LogP contribution < -0.4 is 4.90 Å². The molecule has 0 saturated heterocycles. The van der Waals surface area contributed by atoms with E-state index in [9.17, 15) is 0 Å². The van der Waals surface area contributed by atoms with Crippen molar-refractivity contribution in [2.24, 2.45) is 0 Å². The normalized spacial score (nSPS) is 18.9. The van der Waals surface area contributed by atoms with E-state index in [1.54, 1.807) is 0 Å². The fourth-order valence-corrected chi connectivity index (χ4v) is 2.79. The number of rotatable bonds is 1. The summed E-state index contributed by atoms with van der Waals surface area (Å²) in [6, 6.07) is 20.1. The van der Waals surface area contributed by atoms with E-state index in [4.69, 9.17) is 0 Å². The second-order valence-corrected chi connectivity index (χ2v) is 4.70. The van der Waals surface area contributed by atoms with Gasteiger partial charge in [0.15, 0.2) is 0 Å². The standard InChI is InChI=1S/C16H17N/c1-17-15-10-6-5-9-14(15)11-12-16(17)13-7-3-2-4-8-13/h2-10,16H,11-12H2,1H3/t16-/m1/s1. The molecule has 86 valence electrons. The lowest BCUT2D eigenvalue weighted by atomic mass is 9.92. The number of fused-ring (bicyclic) bond motifs is 1. The summed E-state index contributed by atoms with van der Waals surface area (Å²) in [4.78, 5) is 2.41. The SMILES string of the molecule is CN1c2ccccc2CC[C@@H]1c1ccccc1. The van der Waals surface area contributed by atoms with Crippen LogP contribution in [0.5, 0.6) is 0 Å². The molecule has 1 aliphatic heterocycles. The van der Waals surface area contributed by atoms with Crippen molar-refractivity contribution in [3.63, 3.8) is 0 Å². The van der Waals surface area contributed by atoms with E-state index < -0.39 is 0 Å². The number of para-hydroxylation sites is 1. The highest BCUT2D eigenvalue weighted by Gasteiger charge is 2.23. The molecule has 0 bridgehead atoms. The van der Waals surface area contributed by atoms with Gasteiger partial charge in [0, 0.05) is 12.7 Å². The van der Waals surface area contributed by atoms with Gasteiger partial charge in [-0.15, -0.1) is 0 Å². The minimum atomic E-state index is 0.520. The zero-order chi connectivity index (χ0) is 11.7. The summed E-state index contributed by atoms with van der Waals surface area (Å²) in [5.41, 5.74) is 4.28. The summed E-state index contributed by atoms with van der Waals surface area (Å²) in [5.74, 6) is 0. The fourth-order valence-electron chi connectivity index (χ4n) is 2.79. The first kappa shape index (κ1) is 10.4. The van der Waals surface area contributed by atoms with Gasteiger partial charge in [0.2, 0.25) is 0 Å². The number of benzene rings is 2. The largest absolute Gasteiger partial charge is 0.367 e. The van der Waals surface area contributed by atoms with Crippen LogP contribution in [0.1, 0.15) is 23.6 Å². The van der Waals surface area contributed by atoms with Crippen LogP contribution in [0.2, 0.25) is 0 Å². The van der Waals surface area contributed by atoms with Crippen LogP contribution in [0.4, 0.5) is 5.69 Å². The van der Waals surface area contributed by atoms with Gasteiger partial charge in [-0.1, -0.05) is 48.5 Å². The van der Waals surface area contributed by atoms with E-state index in [0.29, 0.717) is 6.04 Å². The molecule has 1 nitrogen and oxygen atoms in total. The van der Waals surface area contributed by atoms with Gasteiger partial charge in [0.1, 0.15) is 0 Å². The van der Waals surface area contributed by atoms with Crippen molar-refractivity contribution in [1.29, 1.82) is 0 Å². The average molecular weight is 223 g/mol. The highest BCUT2D eigenvalue weighted by molar-refractivity contribution is 5.56. The van der Waals surface area contributed by atoms with Crippen LogP contribution in [-0.2, 0) is 6.42 Å². The van der Waals surface area contributed by atoms with Crippen LogP contribution in [0.25, 0.3) is 0 Å². The third-order valence-corrected chi connectivity index (χ3v) is 3.71. The summed E-state index contributed by atoms with van der Waals surface area (Å²) < 4.78 is 0. The van der Waals surface area contributed by atoms with Crippen molar-refractivity contribution in [3.05, 3.63) is 65.7 Å². The lowest BCUT2D eigenvalue weighted by Gasteiger charge is -2.36. The molecule has 1 heterocycles. The molecule has 1 heteroatoms. The molecule has 0 aliphatic carbocycles. The van der Waals surface area contributed by atoms with Crippen LogP contribution >= 0.6 is 0 Å². The van der Waals surface area contributed by atoms with E-state index in [1.165, 1.54) is 29.7 Å². The molecule has 1 aliphatic rings. The lowest BCUT2D eigenvalue weighted by molar-refractivity contribution is 0.584. The second kappa shape index (κ2) is 4.25. The third kappa shape index (κ3) is 1.82. The van der Waals surface area contributed by atoms with Gasteiger partial charge >= 0.3 is 0 Å². The molecule has 0 N–H and O–H groups in total. The maximum Gasteiger partial charge on any atom is 0.0542 e. The molecule has 0 unspecified atom stereocenters. The molecule has 2 aromatic carbocycles. The molecule has 2 aromatic rings. The van der Waals surface area contributed by atoms with Gasteiger partial charge in [0.25, 0.3) is 0 Å². The number of hydrogen-bond donors (Lipinski definition) is 0. The van der Waals surface area contributed by atoms with Crippen LogP contribution in [0.15, 0.2) is 54.6 Å². The summed E-state index contributed by atoms with van der Waals surface area (Å²) >= 11 is 0. The smallest absolute Gasteiger partial charge is 0.0542 e. The van der Waals surface area contributed by atoms with Crippen LogP contribution in [-0.4, -0.2) is 7.05 Å². The molecular weight excluding hydrogens is 206 g/mol. The van der Waals surface area contributed by atoms with E-state index in [2.05, 4.69) is 66.5 Å². The minimum Gasteiger partial charge on any atom is -0.367 e. The molecule has 0 saturated carbocycles. The second-order valence-electron chi connectivity index (χ2n) is 4.70. The molecule has 0 fully saturated rings. The molecular formula is C16H17N. The lowest BCUT2D eigenvalue weighted by Crippen LogP contribution is -2.29. The molecule has 1 atom stereocenters. The number of aryl methyl sites for hydroxylation is 1. The predicted molar refractivity (Wildman–Crippen MR) is 72.3 cm³/mol. The van der Waals surface area contributed by atoms with Crippen molar-refractivity contribution >= 4 is 5.69 Å². The fraction of sp³-hybridized carbons (Fsp3) is 0.250.